The Bertz CT molecular complexity index is 464. The quantitative estimate of drug-likeness (QED) is 0.904. The highest BCUT2D eigenvalue weighted by Gasteiger charge is 2.26. The lowest BCUT2D eigenvalue weighted by atomic mass is 10.2. The number of aromatic nitrogens is 2. The second-order valence-corrected chi connectivity index (χ2v) is 5.39. The number of fused-ring (bicyclic) bond motifs is 1. The highest BCUT2D eigenvalue weighted by Crippen LogP contribution is 2.22. The van der Waals surface area contributed by atoms with Gasteiger partial charge >= 0.3 is 0 Å². The maximum Gasteiger partial charge on any atom is 0.193 e. The van der Waals surface area contributed by atoms with E-state index in [0.29, 0.717) is 12.1 Å². The number of ether oxygens (including phenoxy) is 1. The molecule has 0 spiro atoms. The van der Waals surface area contributed by atoms with Crippen molar-refractivity contribution in [2.75, 3.05) is 7.11 Å². The summed E-state index contributed by atoms with van der Waals surface area (Å²) in [6, 6.07) is 0.486. The van der Waals surface area contributed by atoms with Crippen molar-refractivity contribution in [2.45, 2.75) is 38.0 Å². The number of rotatable bonds is 4. The predicted molar refractivity (Wildman–Crippen MR) is 68.3 cm³/mol. The molecule has 2 aromatic heterocycles. The maximum atomic E-state index is 5.47. The van der Waals surface area contributed by atoms with E-state index in [9.17, 15) is 0 Å². The Labute approximate surface area is 105 Å². The molecule has 0 aromatic carbocycles. The molecule has 1 saturated carbocycles. The van der Waals surface area contributed by atoms with Gasteiger partial charge in [0, 0.05) is 37.5 Å². The fraction of sp³-hybridized carbons (Fsp3) is 0.583. The monoisotopic (exact) mass is 251 g/mol. The van der Waals surface area contributed by atoms with Gasteiger partial charge in [0.05, 0.1) is 11.8 Å². The van der Waals surface area contributed by atoms with Gasteiger partial charge in [0.2, 0.25) is 0 Å². The molecule has 2 atom stereocenters. The van der Waals surface area contributed by atoms with Crippen LogP contribution in [-0.2, 0) is 11.3 Å². The van der Waals surface area contributed by atoms with Crippen LogP contribution in [0.4, 0.5) is 0 Å². The van der Waals surface area contributed by atoms with Gasteiger partial charge in [0.15, 0.2) is 4.96 Å². The number of nitrogens with one attached hydrogen (secondary N) is 1. The minimum absolute atomic E-state index is 0.374. The molecule has 3 rings (SSSR count). The lowest BCUT2D eigenvalue weighted by Gasteiger charge is -2.18. The van der Waals surface area contributed by atoms with E-state index in [1.54, 1.807) is 18.4 Å². The molecule has 0 amide bonds. The van der Waals surface area contributed by atoms with Gasteiger partial charge in [-0.25, -0.2) is 4.98 Å². The van der Waals surface area contributed by atoms with Crippen LogP contribution in [0.25, 0.3) is 4.96 Å². The second-order valence-electron chi connectivity index (χ2n) is 4.52. The molecule has 0 radical (unpaired) electrons. The summed E-state index contributed by atoms with van der Waals surface area (Å²) in [5, 5.41) is 5.61. The van der Waals surface area contributed by atoms with E-state index >= 15 is 0 Å². The molecule has 1 N–H and O–H groups in total. The van der Waals surface area contributed by atoms with Gasteiger partial charge in [-0.1, -0.05) is 0 Å². The van der Waals surface area contributed by atoms with Crippen LogP contribution in [0.3, 0.4) is 0 Å². The lowest BCUT2D eigenvalue weighted by Crippen LogP contribution is -2.36. The van der Waals surface area contributed by atoms with Gasteiger partial charge in [-0.3, -0.25) is 4.40 Å². The Morgan fingerprint density at radius 3 is 3.35 bits per heavy atom. The largest absolute Gasteiger partial charge is 0.380 e. The van der Waals surface area contributed by atoms with Crippen LogP contribution in [0.1, 0.15) is 25.0 Å². The Morgan fingerprint density at radius 2 is 2.53 bits per heavy atom. The Hall–Kier alpha value is -0.910. The van der Waals surface area contributed by atoms with Crippen LogP contribution in [0, 0.1) is 0 Å². The zero-order valence-electron chi connectivity index (χ0n) is 9.93. The molecule has 0 bridgehead atoms. The van der Waals surface area contributed by atoms with Gasteiger partial charge in [-0.2, -0.15) is 0 Å². The fourth-order valence-electron chi connectivity index (χ4n) is 2.54. The van der Waals surface area contributed by atoms with Gasteiger partial charge in [-0.15, -0.1) is 11.3 Å². The van der Waals surface area contributed by atoms with Crippen LogP contribution >= 0.6 is 11.3 Å². The van der Waals surface area contributed by atoms with Crippen LogP contribution in [-0.4, -0.2) is 28.6 Å². The first kappa shape index (κ1) is 11.2. The van der Waals surface area contributed by atoms with Crippen molar-refractivity contribution in [1.82, 2.24) is 14.7 Å². The molecule has 4 nitrogen and oxygen atoms in total. The molecule has 1 aliphatic rings. The van der Waals surface area contributed by atoms with E-state index in [0.717, 1.165) is 17.2 Å². The van der Waals surface area contributed by atoms with E-state index in [4.69, 9.17) is 4.74 Å². The molecular formula is C12H17N3OS. The van der Waals surface area contributed by atoms with Crippen LogP contribution in [0.2, 0.25) is 0 Å². The molecule has 92 valence electrons. The van der Waals surface area contributed by atoms with Gasteiger partial charge in [0.25, 0.3) is 0 Å². The van der Waals surface area contributed by atoms with Crippen molar-refractivity contribution in [3.63, 3.8) is 0 Å². The first-order valence-corrected chi connectivity index (χ1v) is 6.92. The summed E-state index contributed by atoms with van der Waals surface area (Å²) in [6.45, 7) is 0.832. The van der Waals surface area contributed by atoms with Crippen LogP contribution < -0.4 is 5.32 Å². The molecule has 1 fully saturated rings. The Morgan fingerprint density at radius 1 is 1.59 bits per heavy atom. The standard InChI is InChI=1S/C12H17N3OS/c1-16-11-4-2-3-10(11)13-7-9-8-15-5-6-17-12(15)14-9/h5-6,8,10-11,13H,2-4,7H2,1H3. The molecule has 5 heteroatoms. The van der Waals surface area contributed by atoms with E-state index in [-0.39, 0.29) is 0 Å². The molecule has 1 aliphatic carbocycles. The number of hydrogen-bond acceptors (Lipinski definition) is 4. The smallest absolute Gasteiger partial charge is 0.193 e. The molecule has 17 heavy (non-hydrogen) atoms. The second kappa shape index (κ2) is 4.76. The van der Waals surface area contributed by atoms with Gasteiger partial charge < -0.3 is 10.1 Å². The summed E-state index contributed by atoms with van der Waals surface area (Å²) in [7, 11) is 1.80. The first-order chi connectivity index (χ1) is 8.36. The minimum Gasteiger partial charge on any atom is -0.380 e. The summed E-state index contributed by atoms with van der Waals surface area (Å²) >= 11 is 1.67. The van der Waals surface area contributed by atoms with Crippen molar-refractivity contribution in [3.8, 4) is 0 Å². The zero-order valence-corrected chi connectivity index (χ0v) is 10.7. The molecule has 0 saturated heterocycles. The fourth-order valence-corrected chi connectivity index (χ4v) is 3.26. The van der Waals surface area contributed by atoms with E-state index in [1.807, 2.05) is 6.20 Å². The number of methoxy groups -OCH3 is 1. The van der Waals surface area contributed by atoms with Crippen molar-refractivity contribution in [1.29, 1.82) is 0 Å². The normalized spacial score (nSPS) is 24.8. The highest BCUT2D eigenvalue weighted by atomic mass is 32.1. The minimum atomic E-state index is 0.374. The number of thiazole rings is 1. The lowest BCUT2D eigenvalue weighted by molar-refractivity contribution is 0.0846. The van der Waals surface area contributed by atoms with Gasteiger partial charge in [0.1, 0.15) is 0 Å². The highest BCUT2D eigenvalue weighted by molar-refractivity contribution is 7.15. The summed E-state index contributed by atoms with van der Waals surface area (Å²) in [4.78, 5) is 5.63. The van der Waals surface area contributed by atoms with Crippen LogP contribution in [0.15, 0.2) is 17.8 Å². The Kier molecular flexibility index (Phi) is 3.13. The van der Waals surface area contributed by atoms with Crippen molar-refractivity contribution in [2.24, 2.45) is 0 Å². The van der Waals surface area contributed by atoms with Crippen molar-refractivity contribution in [3.05, 3.63) is 23.5 Å². The maximum absolute atomic E-state index is 5.47. The summed E-state index contributed by atoms with van der Waals surface area (Å²) in [5.74, 6) is 0. The number of nitrogens with zero attached hydrogens (tertiary/aromatic N) is 2. The summed E-state index contributed by atoms with van der Waals surface area (Å²) in [5.41, 5.74) is 1.11. The predicted octanol–water partition coefficient (Wildman–Crippen LogP) is 2.05. The molecular weight excluding hydrogens is 234 g/mol. The average molecular weight is 251 g/mol. The van der Waals surface area contributed by atoms with Crippen LogP contribution in [0.5, 0.6) is 0 Å². The third kappa shape index (κ3) is 2.22. The topological polar surface area (TPSA) is 38.6 Å². The molecule has 2 aromatic rings. The molecule has 2 unspecified atom stereocenters. The molecule has 2 heterocycles. The van der Waals surface area contributed by atoms with Crippen molar-refractivity contribution >= 4 is 16.3 Å². The molecule has 0 aliphatic heterocycles. The van der Waals surface area contributed by atoms with Crippen molar-refractivity contribution < 1.29 is 4.74 Å². The van der Waals surface area contributed by atoms with E-state index < -0.39 is 0 Å². The average Bonchev–Trinajstić information content (AvgIpc) is 3.00. The third-order valence-corrected chi connectivity index (χ3v) is 4.21. The summed E-state index contributed by atoms with van der Waals surface area (Å²) < 4.78 is 7.54. The third-order valence-electron chi connectivity index (χ3n) is 3.44. The number of hydrogen-bond donors (Lipinski definition) is 1. The van der Waals surface area contributed by atoms with Gasteiger partial charge in [-0.05, 0) is 19.3 Å². The first-order valence-electron chi connectivity index (χ1n) is 6.04. The number of imidazole rings is 1. The SMILES string of the molecule is COC1CCCC1NCc1cn2ccsc2n1. The summed E-state index contributed by atoms with van der Waals surface area (Å²) in [6.07, 6.45) is 8.15. The van der Waals surface area contributed by atoms with E-state index in [1.165, 1.54) is 19.3 Å². The van der Waals surface area contributed by atoms with E-state index in [2.05, 4.69) is 26.3 Å². The zero-order chi connectivity index (χ0) is 11.7. The Balaban J connectivity index is 1.62.